The normalized spacial score (nSPS) is 20.7. The van der Waals surface area contributed by atoms with Crippen molar-refractivity contribution in [2.24, 2.45) is 5.92 Å². The van der Waals surface area contributed by atoms with E-state index in [1.165, 1.54) is 7.05 Å². The predicted molar refractivity (Wildman–Crippen MR) is 218 cm³/mol. The molecule has 1 aromatic carbocycles. The Labute approximate surface area is 351 Å². The Kier molecular flexibility index (Phi) is 17.7. The van der Waals surface area contributed by atoms with Gasteiger partial charge in [-0.25, -0.2) is 8.78 Å². The van der Waals surface area contributed by atoms with Gasteiger partial charge >= 0.3 is 0 Å². The SMILES string of the molecule is CNC(=O)COCC(=O)NCCCNC(=O)COCC(=O)NCCc1nnc(C(C)C)n1C1CC2CCC(C1)N2CC[C@@H](NC(=O)C1CCC(F)(F)CC1)c1ccccc1. The van der Waals surface area contributed by atoms with E-state index in [2.05, 4.69) is 60.1 Å². The van der Waals surface area contributed by atoms with Crippen LogP contribution in [0, 0.1) is 5.92 Å². The minimum atomic E-state index is -2.68. The monoisotopic (exact) mass is 843 g/mol. The average Bonchev–Trinajstić information content (AvgIpc) is 3.75. The molecule has 332 valence electrons. The van der Waals surface area contributed by atoms with Crippen molar-refractivity contribution < 1.29 is 42.2 Å². The summed E-state index contributed by atoms with van der Waals surface area (Å²) in [5.74, 6) is -2.74. The van der Waals surface area contributed by atoms with Gasteiger partial charge in [0.2, 0.25) is 35.5 Å². The van der Waals surface area contributed by atoms with E-state index in [4.69, 9.17) is 9.47 Å². The van der Waals surface area contributed by atoms with Crippen LogP contribution in [0.25, 0.3) is 0 Å². The molecule has 1 aliphatic carbocycles. The third-order valence-corrected chi connectivity index (χ3v) is 11.7. The highest BCUT2D eigenvalue weighted by Gasteiger charge is 2.43. The molecule has 3 atom stereocenters. The Morgan fingerprint density at radius 3 is 1.92 bits per heavy atom. The second-order valence-corrected chi connectivity index (χ2v) is 16.5. The number of likely N-dealkylation sites (N-methyl/N-ethyl adjacent to an activating group) is 1. The first-order valence-electron chi connectivity index (χ1n) is 21.4. The van der Waals surface area contributed by atoms with Crippen LogP contribution in [0.15, 0.2) is 30.3 Å². The first-order chi connectivity index (χ1) is 28.8. The van der Waals surface area contributed by atoms with E-state index in [9.17, 15) is 32.8 Å². The van der Waals surface area contributed by atoms with Gasteiger partial charge in [0.05, 0.1) is 6.04 Å². The van der Waals surface area contributed by atoms with Crippen LogP contribution in [-0.2, 0) is 39.9 Å². The standard InChI is InChI=1S/C42H63F2N9O7/c1-28(2)40-51-50-35(14-20-48-39(57)27-60-26-38(56)47-19-7-18-46-37(55)25-59-24-36(54)45-3)53(40)33-22-31-10-11-32(23-33)52(31)21-15-34(29-8-5-4-6-9-29)49-41(58)30-12-16-42(43,44)17-13-30/h4-6,8-9,28,30-34H,7,10-27H2,1-3H3,(H,45,54)(H,46,55)(H,47,56)(H,48,57)(H,49,58)/t31?,32?,33?,34-/m1/s1. The zero-order chi connectivity index (χ0) is 43.1. The summed E-state index contributed by atoms with van der Waals surface area (Å²) in [6.45, 7) is 4.96. The maximum Gasteiger partial charge on any atom is 0.248 e. The number of nitrogens with one attached hydrogen (secondary N) is 5. The lowest BCUT2D eigenvalue weighted by molar-refractivity contribution is -0.132. The molecule has 2 saturated heterocycles. The molecule has 3 aliphatic rings. The Balaban J connectivity index is 1.04. The number of nitrogens with zero attached hydrogens (tertiary/aromatic N) is 4. The van der Waals surface area contributed by atoms with E-state index >= 15 is 0 Å². The highest BCUT2D eigenvalue weighted by Crippen LogP contribution is 2.43. The number of rotatable bonds is 23. The van der Waals surface area contributed by atoms with E-state index in [1.54, 1.807) is 0 Å². The van der Waals surface area contributed by atoms with Gasteiger partial charge in [-0.2, -0.15) is 0 Å². The Bertz CT molecular complexity index is 1710. The number of halogens is 2. The van der Waals surface area contributed by atoms with Gasteiger partial charge in [0.25, 0.3) is 0 Å². The Morgan fingerprint density at radius 1 is 0.783 bits per heavy atom. The van der Waals surface area contributed by atoms with Gasteiger partial charge in [0.15, 0.2) is 0 Å². The van der Waals surface area contributed by atoms with Crippen molar-refractivity contribution in [1.82, 2.24) is 46.2 Å². The number of carbonyl (C=O) groups excluding carboxylic acids is 5. The van der Waals surface area contributed by atoms with Crippen LogP contribution < -0.4 is 26.6 Å². The van der Waals surface area contributed by atoms with Gasteiger partial charge in [-0.1, -0.05) is 44.2 Å². The van der Waals surface area contributed by atoms with Crippen molar-refractivity contribution in [3.63, 3.8) is 0 Å². The molecule has 16 nitrogen and oxygen atoms in total. The number of amides is 5. The molecule has 2 aliphatic heterocycles. The van der Waals surface area contributed by atoms with Crippen LogP contribution in [0.4, 0.5) is 8.78 Å². The van der Waals surface area contributed by atoms with Crippen LogP contribution in [0.1, 0.15) is 113 Å². The fourth-order valence-corrected chi connectivity index (χ4v) is 8.55. The highest BCUT2D eigenvalue weighted by atomic mass is 19.3. The summed E-state index contributed by atoms with van der Waals surface area (Å²) < 4.78 is 40.2. The number of ether oxygens (including phenoxy) is 2. The summed E-state index contributed by atoms with van der Waals surface area (Å²) >= 11 is 0. The van der Waals surface area contributed by atoms with Gasteiger partial charge in [-0.3, -0.25) is 28.9 Å². The molecule has 18 heteroatoms. The predicted octanol–water partition coefficient (Wildman–Crippen LogP) is 2.70. The van der Waals surface area contributed by atoms with Crippen LogP contribution in [0.3, 0.4) is 0 Å². The largest absolute Gasteiger partial charge is 0.362 e. The second-order valence-electron chi connectivity index (χ2n) is 16.5. The summed E-state index contributed by atoms with van der Waals surface area (Å²) in [6, 6.07) is 10.6. The Hall–Kier alpha value is -4.55. The third kappa shape index (κ3) is 14.0. The number of alkyl halides is 2. The summed E-state index contributed by atoms with van der Waals surface area (Å²) in [5.41, 5.74) is 1.02. The number of fused-ring (bicyclic) bond motifs is 2. The molecule has 2 aromatic rings. The molecule has 0 spiro atoms. The summed E-state index contributed by atoms with van der Waals surface area (Å²) in [7, 11) is 1.47. The van der Waals surface area contributed by atoms with Gasteiger partial charge in [0.1, 0.15) is 38.1 Å². The summed E-state index contributed by atoms with van der Waals surface area (Å²) in [5, 5.41) is 22.9. The number of piperidine rings is 1. The molecule has 5 N–H and O–H groups in total. The zero-order valence-corrected chi connectivity index (χ0v) is 35.2. The smallest absolute Gasteiger partial charge is 0.248 e. The van der Waals surface area contributed by atoms with Crippen molar-refractivity contribution in [1.29, 1.82) is 0 Å². The number of hydrogen-bond donors (Lipinski definition) is 5. The fourth-order valence-electron chi connectivity index (χ4n) is 8.55. The number of carbonyl (C=O) groups is 5. The molecular weight excluding hydrogens is 781 g/mol. The van der Waals surface area contributed by atoms with Crippen LogP contribution in [-0.4, -0.2) is 127 Å². The fraction of sp³-hybridized carbons (Fsp3) is 0.690. The lowest BCUT2D eigenvalue weighted by atomic mass is 9.86. The van der Waals surface area contributed by atoms with E-state index < -0.39 is 5.92 Å². The van der Waals surface area contributed by atoms with Crippen LogP contribution in [0.5, 0.6) is 0 Å². The molecule has 1 aromatic heterocycles. The highest BCUT2D eigenvalue weighted by molar-refractivity contribution is 5.80. The molecule has 60 heavy (non-hydrogen) atoms. The van der Waals surface area contributed by atoms with Crippen molar-refractivity contribution in [3.05, 3.63) is 47.5 Å². The molecule has 2 bridgehead atoms. The molecule has 5 rings (SSSR count). The zero-order valence-electron chi connectivity index (χ0n) is 35.2. The minimum absolute atomic E-state index is 0.133. The van der Waals surface area contributed by atoms with E-state index in [1.807, 2.05) is 30.3 Å². The van der Waals surface area contributed by atoms with Gasteiger partial charge in [-0.05, 0) is 56.9 Å². The van der Waals surface area contributed by atoms with Crippen molar-refractivity contribution in [2.75, 3.05) is 59.7 Å². The minimum Gasteiger partial charge on any atom is -0.362 e. The molecule has 1 saturated carbocycles. The second kappa shape index (κ2) is 22.9. The van der Waals surface area contributed by atoms with Gasteiger partial charge in [-0.15, -0.1) is 10.2 Å². The van der Waals surface area contributed by atoms with Crippen LogP contribution in [0.2, 0.25) is 0 Å². The number of benzene rings is 1. The van der Waals surface area contributed by atoms with Crippen molar-refractivity contribution in [3.8, 4) is 0 Å². The van der Waals surface area contributed by atoms with E-state index in [-0.39, 0.29) is 106 Å². The van der Waals surface area contributed by atoms with E-state index in [0.717, 1.165) is 55.9 Å². The maximum atomic E-state index is 13.8. The first-order valence-corrected chi connectivity index (χ1v) is 21.4. The van der Waals surface area contributed by atoms with Crippen molar-refractivity contribution >= 4 is 29.5 Å². The number of hydrogen-bond acceptors (Lipinski definition) is 10. The van der Waals surface area contributed by atoms with E-state index in [0.29, 0.717) is 44.6 Å². The van der Waals surface area contributed by atoms with Crippen LogP contribution >= 0.6 is 0 Å². The first kappa shape index (κ1) is 46.5. The quantitative estimate of drug-likeness (QED) is 0.104. The summed E-state index contributed by atoms with van der Waals surface area (Å²) in [6.07, 6.45) is 5.65. The average molecular weight is 844 g/mol. The topological polar surface area (TPSA) is 198 Å². The summed E-state index contributed by atoms with van der Waals surface area (Å²) in [4.78, 5) is 63.4. The maximum absolute atomic E-state index is 13.8. The third-order valence-electron chi connectivity index (χ3n) is 11.7. The Morgan fingerprint density at radius 2 is 1.35 bits per heavy atom. The molecule has 3 fully saturated rings. The van der Waals surface area contributed by atoms with Gasteiger partial charge in [0, 0.05) is 82.5 Å². The molecule has 2 unspecified atom stereocenters. The molecule has 0 radical (unpaired) electrons. The number of aromatic nitrogens is 3. The van der Waals surface area contributed by atoms with Crippen molar-refractivity contribution in [2.45, 2.75) is 120 Å². The van der Waals surface area contributed by atoms with Gasteiger partial charge < -0.3 is 40.6 Å². The molecule has 3 heterocycles. The molecular formula is C42H63F2N9O7. The lowest BCUT2D eigenvalue weighted by Gasteiger charge is -2.41. The lowest BCUT2D eigenvalue weighted by Crippen LogP contribution is -2.45. The molecule has 5 amide bonds.